The Labute approximate surface area is 52.5 Å². The van der Waals surface area contributed by atoms with Crippen LogP contribution in [0.1, 0.15) is 6.92 Å². The Morgan fingerprint density at radius 1 is 1.67 bits per heavy atom. The summed E-state index contributed by atoms with van der Waals surface area (Å²) in [6.45, 7) is 1.42. The lowest BCUT2D eigenvalue weighted by Crippen LogP contribution is -2.20. The Bertz CT molecular complexity index is 158. The summed E-state index contributed by atoms with van der Waals surface area (Å²) in [5.41, 5.74) is 0.113. The second-order valence-corrected chi connectivity index (χ2v) is 1.34. The Balaban J connectivity index is 3.74. The molecule has 0 aromatic carbocycles. The van der Waals surface area contributed by atoms with Crippen LogP contribution in [0.2, 0.25) is 0 Å². The van der Waals surface area contributed by atoms with E-state index < -0.39 is 6.09 Å². The molecular formula is C5H7NO3. The van der Waals surface area contributed by atoms with Crippen molar-refractivity contribution >= 4 is 12.0 Å². The van der Waals surface area contributed by atoms with Gasteiger partial charge in [0, 0.05) is 0 Å². The summed E-state index contributed by atoms with van der Waals surface area (Å²) in [5, 5.41) is 2.11. The van der Waals surface area contributed by atoms with Crippen LogP contribution in [0.4, 0.5) is 4.79 Å². The lowest BCUT2D eigenvalue weighted by Gasteiger charge is -1.96. The molecule has 0 bridgehead atoms. The molecule has 0 aliphatic rings. The summed E-state index contributed by atoms with van der Waals surface area (Å²) in [4.78, 5) is 20.0. The average molecular weight is 129 g/mol. The third-order valence-electron chi connectivity index (χ3n) is 0.628. The van der Waals surface area contributed by atoms with Gasteiger partial charge in [0.05, 0.1) is 7.11 Å². The van der Waals surface area contributed by atoms with Gasteiger partial charge in [-0.15, -0.1) is 0 Å². The maximum atomic E-state index is 10.2. The van der Waals surface area contributed by atoms with Gasteiger partial charge in [0.1, 0.15) is 11.6 Å². The van der Waals surface area contributed by atoms with Crippen LogP contribution >= 0.6 is 0 Å². The second-order valence-electron chi connectivity index (χ2n) is 1.34. The lowest BCUT2D eigenvalue weighted by molar-refractivity contribution is 0.174. The van der Waals surface area contributed by atoms with E-state index >= 15 is 0 Å². The van der Waals surface area contributed by atoms with Gasteiger partial charge in [0.15, 0.2) is 0 Å². The van der Waals surface area contributed by atoms with Crippen molar-refractivity contribution in [2.75, 3.05) is 7.11 Å². The molecule has 0 aromatic heterocycles. The molecule has 9 heavy (non-hydrogen) atoms. The molecule has 0 aliphatic heterocycles. The smallest absolute Gasteiger partial charge is 0.411 e. The zero-order valence-electron chi connectivity index (χ0n) is 5.22. The van der Waals surface area contributed by atoms with Gasteiger partial charge in [0.25, 0.3) is 0 Å². The largest absolute Gasteiger partial charge is 0.453 e. The van der Waals surface area contributed by atoms with Crippen LogP contribution in [0.5, 0.6) is 0 Å². The molecule has 0 saturated carbocycles. The summed E-state index contributed by atoms with van der Waals surface area (Å²) in [7, 11) is 1.22. The number of carbonyl (C=O) groups excluding carboxylic acids is 2. The van der Waals surface area contributed by atoms with E-state index in [2.05, 4.69) is 10.1 Å². The van der Waals surface area contributed by atoms with E-state index in [0.29, 0.717) is 0 Å². The van der Waals surface area contributed by atoms with Crippen molar-refractivity contribution in [1.29, 1.82) is 0 Å². The maximum absolute atomic E-state index is 10.2. The zero-order chi connectivity index (χ0) is 7.28. The predicted octanol–water partition coefficient (Wildman–Crippen LogP) is 0.0778. The third kappa shape index (κ3) is 3.32. The SMILES string of the molecule is COC(=O)NC(C)=C=O. The highest BCUT2D eigenvalue weighted by atomic mass is 16.5. The van der Waals surface area contributed by atoms with Gasteiger partial charge < -0.3 is 4.74 Å². The van der Waals surface area contributed by atoms with Gasteiger partial charge in [-0.05, 0) is 6.92 Å². The Kier molecular flexibility index (Phi) is 3.16. The molecule has 0 spiro atoms. The number of carbonyl (C=O) groups is 1. The first kappa shape index (κ1) is 7.72. The summed E-state index contributed by atoms with van der Waals surface area (Å²) in [6, 6.07) is 0. The van der Waals surface area contributed by atoms with Crippen molar-refractivity contribution in [3.05, 3.63) is 5.70 Å². The summed E-state index contributed by atoms with van der Waals surface area (Å²) >= 11 is 0. The van der Waals surface area contributed by atoms with Crippen LogP contribution in [0.3, 0.4) is 0 Å². The van der Waals surface area contributed by atoms with Gasteiger partial charge in [-0.3, -0.25) is 5.32 Å². The first-order valence-electron chi connectivity index (χ1n) is 2.27. The standard InChI is InChI=1S/C5H7NO3/c1-4(3-7)6-5(8)9-2/h1-2H3,(H,6,8). The van der Waals surface area contributed by atoms with E-state index in [1.54, 1.807) is 0 Å². The molecule has 0 fully saturated rings. The van der Waals surface area contributed by atoms with E-state index in [9.17, 15) is 9.59 Å². The van der Waals surface area contributed by atoms with E-state index in [0.717, 1.165) is 0 Å². The molecule has 50 valence electrons. The van der Waals surface area contributed by atoms with Crippen LogP contribution in [0.25, 0.3) is 0 Å². The van der Waals surface area contributed by atoms with E-state index in [1.165, 1.54) is 20.0 Å². The zero-order valence-corrected chi connectivity index (χ0v) is 5.22. The van der Waals surface area contributed by atoms with E-state index in [-0.39, 0.29) is 5.70 Å². The second kappa shape index (κ2) is 3.69. The van der Waals surface area contributed by atoms with Gasteiger partial charge in [0.2, 0.25) is 0 Å². The van der Waals surface area contributed by atoms with Crippen molar-refractivity contribution in [3.63, 3.8) is 0 Å². The monoisotopic (exact) mass is 129 g/mol. The fourth-order valence-corrected chi connectivity index (χ4v) is 0.230. The van der Waals surface area contributed by atoms with Gasteiger partial charge in [-0.25, -0.2) is 9.59 Å². The normalized spacial score (nSPS) is 7.33. The van der Waals surface area contributed by atoms with Crippen molar-refractivity contribution in [2.45, 2.75) is 6.92 Å². The van der Waals surface area contributed by atoms with E-state index in [1.807, 2.05) is 0 Å². The van der Waals surface area contributed by atoms with Crippen LogP contribution in [0.15, 0.2) is 5.70 Å². The Morgan fingerprint density at radius 3 is 2.56 bits per heavy atom. The number of hydrogen-bond donors (Lipinski definition) is 1. The van der Waals surface area contributed by atoms with Gasteiger partial charge in [-0.1, -0.05) is 0 Å². The molecule has 0 aromatic rings. The van der Waals surface area contributed by atoms with Gasteiger partial charge >= 0.3 is 6.09 Å². The van der Waals surface area contributed by atoms with Gasteiger partial charge in [-0.2, -0.15) is 0 Å². The summed E-state index contributed by atoms with van der Waals surface area (Å²) in [6.07, 6.45) is -0.657. The minimum atomic E-state index is -0.657. The highest BCUT2D eigenvalue weighted by molar-refractivity contribution is 5.72. The Morgan fingerprint density at radius 2 is 2.22 bits per heavy atom. The number of amides is 1. The Hall–Kier alpha value is -1.28. The van der Waals surface area contributed by atoms with Crippen LogP contribution < -0.4 is 5.32 Å². The molecule has 0 radical (unpaired) electrons. The third-order valence-corrected chi connectivity index (χ3v) is 0.628. The fraction of sp³-hybridized carbons (Fsp3) is 0.400. The van der Waals surface area contributed by atoms with Crippen molar-refractivity contribution in [1.82, 2.24) is 5.32 Å². The molecule has 0 unspecified atom stereocenters. The number of hydrogen-bond acceptors (Lipinski definition) is 3. The summed E-state index contributed by atoms with van der Waals surface area (Å²) < 4.78 is 4.17. The van der Waals surface area contributed by atoms with E-state index in [4.69, 9.17) is 0 Å². The summed E-state index contributed by atoms with van der Waals surface area (Å²) in [5.74, 6) is 1.48. The number of allylic oxidation sites excluding steroid dienone is 1. The number of ether oxygens (including phenoxy) is 1. The molecule has 0 saturated heterocycles. The topological polar surface area (TPSA) is 55.4 Å². The molecule has 0 heterocycles. The number of methoxy groups -OCH3 is 1. The molecule has 0 atom stereocenters. The number of rotatable bonds is 1. The minimum Gasteiger partial charge on any atom is -0.453 e. The first-order chi connectivity index (χ1) is 4.20. The quantitative estimate of drug-likeness (QED) is 0.510. The predicted molar refractivity (Wildman–Crippen MR) is 30.4 cm³/mol. The molecule has 4 heteroatoms. The van der Waals surface area contributed by atoms with Crippen LogP contribution in [-0.2, 0) is 9.53 Å². The maximum Gasteiger partial charge on any atom is 0.411 e. The molecular weight excluding hydrogens is 122 g/mol. The lowest BCUT2D eigenvalue weighted by atomic mass is 10.6. The fourth-order valence-electron chi connectivity index (χ4n) is 0.230. The molecule has 0 aliphatic carbocycles. The number of nitrogens with one attached hydrogen (secondary N) is 1. The molecule has 1 amide bonds. The first-order valence-corrected chi connectivity index (χ1v) is 2.27. The van der Waals surface area contributed by atoms with Crippen molar-refractivity contribution in [2.24, 2.45) is 0 Å². The van der Waals surface area contributed by atoms with Crippen LogP contribution in [0, 0.1) is 0 Å². The number of alkyl carbamates (subject to hydrolysis) is 1. The highest BCUT2D eigenvalue weighted by Gasteiger charge is 1.96. The molecule has 0 rings (SSSR count). The van der Waals surface area contributed by atoms with Crippen molar-refractivity contribution < 1.29 is 14.3 Å². The molecule has 4 nitrogen and oxygen atoms in total. The molecule has 1 N–H and O–H groups in total. The van der Waals surface area contributed by atoms with Crippen molar-refractivity contribution in [3.8, 4) is 0 Å². The minimum absolute atomic E-state index is 0.113. The van der Waals surface area contributed by atoms with Crippen LogP contribution in [-0.4, -0.2) is 19.1 Å². The average Bonchev–Trinajstić information content (AvgIpc) is 1.87. The highest BCUT2D eigenvalue weighted by Crippen LogP contribution is 1.78.